The van der Waals surface area contributed by atoms with Gasteiger partial charge < -0.3 is 19.7 Å². The zero-order chi connectivity index (χ0) is 18.6. The van der Waals surface area contributed by atoms with Gasteiger partial charge in [-0.15, -0.1) is 0 Å². The Labute approximate surface area is 162 Å². The molecule has 1 fully saturated rings. The number of nitrogens with zero attached hydrogens (tertiary/aromatic N) is 1. The summed E-state index contributed by atoms with van der Waals surface area (Å²) in [6, 6.07) is 15.7. The topological polar surface area (TPSA) is 33.7 Å². The Morgan fingerprint density at radius 1 is 1.11 bits per heavy atom. The molecule has 0 aliphatic carbocycles. The van der Waals surface area contributed by atoms with Gasteiger partial charge in [0.15, 0.2) is 0 Å². The molecular weight excluding hydrogens is 336 g/mol. The fraction of sp³-hybridized carbons (Fsp3) is 0.478. The minimum Gasteiger partial charge on any atom is -0.497 e. The Balaban J connectivity index is 1.24. The highest BCUT2D eigenvalue weighted by atomic mass is 16.5. The molecule has 1 unspecified atom stereocenters. The zero-order valence-corrected chi connectivity index (χ0v) is 16.4. The molecule has 1 N–H and O–H groups in total. The maximum atomic E-state index is 5.97. The van der Waals surface area contributed by atoms with Crippen molar-refractivity contribution in [3.05, 3.63) is 53.6 Å². The summed E-state index contributed by atoms with van der Waals surface area (Å²) < 4.78 is 11.3. The van der Waals surface area contributed by atoms with Gasteiger partial charge in [-0.1, -0.05) is 23.8 Å². The van der Waals surface area contributed by atoms with E-state index in [-0.39, 0.29) is 0 Å². The normalized spacial score (nSPS) is 20.1. The van der Waals surface area contributed by atoms with E-state index in [1.54, 1.807) is 7.11 Å². The molecule has 1 atom stereocenters. The summed E-state index contributed by atoms with van der Waals surface area (Å²) in [5.41, 5.74) is 3.97. The van der Waals surface area contributed by atoms with E-state index in [1.807, 2.05) is 12.1 Å². The number of fused-ring (bicyclic) bond motifs is 1. The molecule has 2 aromatic rings. The molecule has 0 amide bonds. The molecule has 1 saturated heterocycles. The molecule has 2 aliphatic heterocycles. The van der Waals surface area contributed by atoms with Crippen LogP contribution in [-0.4, -0.2) is 39.4 Å². The number of methoxy groups -OCH3 is 1. The SMILES string of the molecule is COc1ccc2c(c1)OCC(CNC1CCN(c3ccc(C)cc3)CC1)C2. The molecule has 0 aromatic heterocycles. The number of ether oxygens (including phenoxy) is 2. The number of hydrogen-bond donors (Lipinski definition) is 1. The maximum Gasteiger partial charge on any atom is 0.126 e. The van der Waals surface area contributed by atoms with Crippen LogP contribution in [0.25, 0.3) is 0 Å². The minimum atomic E-state index is 0.543. The van der Waals surface area contributed by atoms with Crippen LogP contribution in [0.3, 0.4) is 0 Å². The summed E-state index contributed by atoms with van der Waals surface area (Å²) >= 11 is 0. The molecule has 4 rings (SSSR count). The lowest BCUT2D eigenvalue weighted by Gasteiger charge is -2.35. The first-order valence-electron chi connectivity index (χ1n) is 10.1. The number of nitrogens with one attached hydrogen (secondary N) is 1. The molecule has 27 heavy (non-hydrogen) atoms. The van der Waals surface area contributed by atoms with Gasteiger partial charge in [-0.25, -0.2) is 0 Å². The van der Waals surface area contributed by atoms with Gasteiger partial charge in [0.25, 0.3) is 0 Å². The van der Waals surface area contributed by atoms with Crippen LogP contribution in [0, 0.1) is 12.8 Å². The summed E-state index contributed by atoms with van der Waals surface area (Å²) in [6.45, 7) is 6.22. The van der Waals surface area contributed by atoms with Crippen molar-refractivity contribution in [1.29, 1.82) is 0 Å². The van der Waals surface area contributed by atoms with Gasteiger partial charge in [0.2, 0.25) is 0 Å². The van der Waals surface area contributed by atoms with Crippen LogP contribution in [0.1, 0.15) is 24.0 Å². The fourth-order valence-corrected chi connectivity index (χ4v) is 4.10. The van der Waals surface area contributed by atoms with Crippen molar-refractivity contribution < 1.29 is 9.47 Å². The minimum absolute atomic E-state index is 0.543. The summed E-state index contributed by atoms with van der Waals surface area (Å²) in [6.07, 6.45) is 3.49. The summed E-state index contributed by atoms with van der Waals surface area (Å²) in [7, 11) is 1.70. The summed E-state index contributed by atoms with van der Waals surface area (Å²) in [4.78, 5) is 2.50. The molecule has 0 saturated carbocycles. The van der Waals surface area contributed by atoms with E-state index in [2.05, 4.69) is 47.5 Å². The molecule has 2 aromatic carbocycles. The van der Waals surface area contributed by atoms with E-state index in [1.165, 1.54) is 29.7 Å². The predicted octanol–water partition coefficient (Wildman–Crippen LogP) is 3.81. The van der Waals surface area contributed by atoms with E-state index in [0.29, 0.717) is 12.0 Å². The van der Waals surface area contributed by atoms with Crippen LogP contribution >= 0.6 is 0 Å². The van der Waals surface area contributed by atoms with Crippen LogP contribution in [0.2, 0.25) is 0 Å². The highest BCUT2D eigenvalue weighted by Gasteiger charge is 2.23. The Hall–Kier alpha value is -2.20. The van der Waals surface area contributed by atoms with E-state index in [4.69, 9.17) is 9.47 Å². The van der Waals surface area contributed by atoms with Crippen molar-refractivity contribution in [2.75, 3.05) is 38.3 Å². The molecule has 4 nitrogen and oxygen atoms in total. The number of piperidine rings is 1. The number of benzene rings is 2. The molecule has 2 aliphatic rings. The number of aryl methyl sites for hydroxylation is 1. The monoisotopic (exact) mass is 366 g/mol. The largest absolute Gasteiger partial charge is 0.497 e. The predicted molar refractivity (Wildman–Crippen MR) is 110 cm³/mol. The molecule has 0 bridgehead atoms. The number of rotatable bonds is 5. The Kier molecular flexibility index (Phi) is 5.53. The second kappa shape index (κ2) is 8.22. The van der Waals surface area contributed by atoms with Crippen molar-refractivity contribution in [2.24, 2.45) is 5.92 Å². The van der Waals surface area contributed by atoms with Crippen LogP contribution < -0.4 is 19.7 Å². The average molecular weight is 367 g/mol. The van der Waals surface area contributed by atoms with Gasteiger partial charge >= 0.3 is 0 Å². The van der Waals surface area contributed by atoms with E-state index in [9.17, 15) is 0 Å². The molecule has 0 spiro atoms. The first-order valence-corrected chi connectivity index (χ1v) is 10.1. The molecular formula is C23H30N2O2. The number of anilines is 1. The lowest BCUT2D eigenvalue weighted by molar-refractivity contribution is 0.211. The Morgan fingerprint density at radius 2 is 1.89 bits per heavy atom. The van der Waals surface area contributed by atoms with Gasteiger partial charge in [-0.05, 0) is 49.9 Å². The van der Waals surface area contributed by atoms with Crippen LogP contribution in [-0.2, 0) is 6.42 Å². The van der Waals surface area contributed by atoms with Crippen molar-refractivity contribution in [3.8, 4) is 11.5 Å². The third-order valence-corrected chi connectivity index (χ3v) is 5.85. The fourth-order valence-electron chi connectivity index (χ4n) is 4.10. The van der Waals surface area contributed by atoms with Crippen LogP contribution in [0.5, 0.6) is 11.5 Å². The van der Waals surface area contributed by atoms with Gasteiger partial charge in [0, 0.05) is 43.3 Å². The second-order valence-corrected chi connectivity index (χ2v) is 7.86. The Bertz CT molecular complexity index is 751. The van der Waals surface area contributed by atoms with Crippen molar-refractivity contribution >= 4 is 5.69 Å². The summed E-state index contributed by atoms with van der Waals surface area (Å²) in [5, 5.41) is 3.79. The highest BCUT2D eigenvalue weighted by Crippen LogP contribution is 2.31. The smallest absolute Gasteiger partial charge is 0.126 e. The van der Waals surface area contributed by atoms with Gasteiger partial charge in [0.1, 0.15) is 11.5 Å². The van der Waals surface area contributed by atoms with Gasteiger partial charge in [-0.3, -0.25) is 0 Å². The van der Waals surface area contributed by atoms with E-state index >= 15 is 0 Å². The molecule has 0 radical (unpaired) electrons. The van der Waals surface area contributed by atoms with Crippen molar-refractivity contribution in [2.45, 2.75) is 32.2 Å². The third kappa shape index (κ3) is 4.38. The highest BCUT2D eigenvalue weighted by molar-refractivity contribution is 5.48. The van der Waals surface area contributed by atoms with Crippen LogP contribution in [0.15, 0.2) is 42.5 Å². The average Bonchev–Trinajstić information content (AvgIpc) is 2.72. The van der Waals surface area contributed by atoms with Gasteiger partial charge in [-0.2, -0.15) is 0 Å². The van der Waals surface area contributed by atoms with Gasteiger partial charge in [0.05, 0.1) is 13.7 Å². The van der Waals surface area contributed by atoms with E-state index < -0.39 is 0 Å². The third-order valence-electron chi connectivity index (χ3n) is 5.85. The van der Waals surface area contributed by atoms with E-state index in [0.717, 1.165) is 44.2 Å². The standard InChI is InChI=1S/C23H30N2O2/c1-17-3-6-21(7-4-17)25-11-9-20(10-12-25)24-15-18-13-19-5-8-22(26-2)14-23(19)27-16-18/h3-8,14,18,20,24H,9-13,15-16H2,1-2H3. The molecule has 4 heteroatoms. The van der Waals surface area contributed by atoms with Crippen molar-refractivity contribution in [1.82, 2.24) is 5.32 Å². The zero-order valence-electron chi connectivity index (χ0n) is 16.4. The van der Waals surface area contributed by atoms with Crippen LogP contribution in [0.4, 0.5) is 5.69 Å². The second-order valence-electron chi connectivity index (χ2n) is 7.86. The molecule has 144 valence electrons. The van der Waals surface area contributed by atoms with Crippen molar-refractivity contribution in [3.63, 3.8) is 0 Å². The lowest BCUT2D eigenvalue weighted by atomic mass is 9.95. The lowest BCUT2D eigenvalue weighted by Crippen LogP contribution is -2.45. The Morgan fingerprint density at radius 3 is 2.63 bits per heavy atom. The molecule has 2 heterocycles. The first-order chi connectivity index (χ1) is 13.2. The summed E-state index contributed by atoms with van der Waals surface area (Å²) in [5.74, 6) is 2.39. The quantitative estimate of drug-likeness (QED) is 0.872. The number of hydrogen-bond acceptors (Lipinski definition) is 4. The first kappa shape index (κ1) is 18.2. The maximum absolute atomic E-state index is 5.97.